The van der Waals surface area contributed by atoms with Crippen molar-refractivity contribution in [1.82, 2.24) is 4.98 Å². The van der Waals surface area contributed by atoms with Gasteiger partial charge in [-0.15, -0.1) is 0 Å². The van der Waals surface area contributed by atoms with Gasteiger partial charge in [0.25, 0.3) is 10.1 Å². The molecule has 0 spiro atoms. The molecule has 0 saturated carbocycles. The summed E-state index contributed by atoms with van der Waals surface area (Å²) in [6.07, 6.45) is 2.45. The lowest BCUT2D eigenvalue weighted by molar-refractivity contribution is 0.216. The van der Waals surface area contributed by atoms with Crippen LogP contribution in [0.15, 0.2) is 41.1 Å². The molecule has 0 N–H and O–H groups in total. The van der Waals surface area contributed by atoms with Crippen molar-refractivity contribution in [1.29, 1.82) is 0 Å². The van der Waals surface area contributed by atoms with Crippen LogP contribution in [0.5, 0.6) is 0 Å². The van der Waals surface area contributed by atoms with E-state index in [1.165, 1.54) is 36.7 Å². The van der Waals surface area contributed by atoms with Gasteiger partial charge in [0.2, 0.25) is 5.89 Å². The Morgan fingerprint density at radius 1 is 1.44 bits per heavy atom. The van der Waals surface area contributed by atoms with Crippen molar-refractivity contribution in [2.24, 2.45) is 0 Å². The van der Waals surface area contributed by atoms with Crippen LogP contribution in [0.25, 0.3) is 0 Å². The minimum Gasteiger partial charge on any atom is -0.446 e. The molecule has 0 radical (unpaired) electrons. The van der Waals surface area contributed by atoms with Gasteiger partial charge in [-0.1, -0.05) is 12.1 Å². The predicted octanol–water partition coefficient (Wildman–Crippen LogP) is 1.88. The van der Waals surface area contributed by atoms with E-state index in [1.807, 2.05) is 0 Å². The Balaban J connectivity index is 2.43. The maximum atomic E-state index is 13.1. The first-order valence-corrected chi connectivity index (χ1v) is 6.80. The Hall–Kier alpha value is -1.73. The lowest BCUT2D eigenvalue weighted by Gasteiger charge is -2.13. The average molecular weight is 271 g/mol. The average Bonchev–Trinajstić information content (AvgIpc) is 2.78. The molecule has 0 aliphatic rings. The molecule has 1 atom stereocenters. The van der Waals surface area contributed by atoms with Crippen LogP contribution in [0.3, 0.4) is 0 Å². The third-order valence-corrected chi connectivity index (χ3v) is 2.64. The Kier molecular flexibility index (Phi) is 3.44. The van der Waals surface area contributed by atoms with Crippen molar-refractivity contribution < 1.29 is 21.4 Å². The zero-order valence-electron chi connectivity index (χ0n) is 9.41. The monoisotopic (exact) mass is 271 g/mol. The summed E-state index contributed by atoms with van der Waals surface area (Å²) in [5.74, 6) is -0.452. The first-order valence-electron chi connectivity index (χ1n) is 4.99. The number of oxazole rings is 1. The van der Waals surface area contributed by atoms with E-state index < -0.39 is 22.0 Å². The fourth-order valence-electron chi connectivity index (χ4n) is 1.45. The summed E-state index contributed by atoms with van der Waals surface area (Å²) in [6, 6.07) is 5.39. The van der Waals surface area contributed by atoms with Gasteiger partial charge in [0, 0.05) is 0 Å². The van der Waals surface area contributed by atoms with E-state index in [9.17, 15) is 12.8 Å². The summed E-state index contributed by atoms with van der Waals surface area (Å²) < 4.78 is 45.5. The van der Waals surface area contributed by atoms with E-state index in [2.05, 4.69) is 4.98 Å². The number of aromatic nitrogens is 1. The third-order valence-electron chi connectivity index (χ3n) is 2.10. The van der Waals surface area contributed by atoms with E-state index in [1.54, 1.807) is 0 Å². The number of benzene rings is 1. The highest BCUT2D eigenvalue weighted by Crippen LogP contribution is 2.26. The molecule has 2 aromatic rings. The van der Waals surface area contributed by atoms with Crippen molar-refractivity contribution in [2.75, 3.05) is 6.26 Å². The quantitative estimate of drug-likeness (QED) is 0.794. The second kappa shape index (κ2) is 4.87. The maximum absolute atomic E-state index is 13.1. The molecule has 0 aliphatic heterocycles. The molecule has 7 heteroatoms. The van der Waals surface area contributed by atoms with Gasteiger partial charge in [0.15, 0.2) is 6.10 Å². The lowest BCUT2D eigenvalue weighted by Crippen LogP contribution is -2.12. The van der Waals surface area contributed by atoms with Crippen LogP contribution >= 0.6 is 0 Å². The zero-order valence-corrected chi connectivity index (χ0v) is 10.2. The molecular formula is C11H10FNO4S. The van der Waals surface area contributed by atoms with Crippen molar-refractivity contribution in [2.45, 2.75) is 6.10 Å². The van der Waals surface area contributed by atoms with Gasteiger partial charge in [0.05, 0.1) is 12.5 Å². The molecule has 2 rings (SSSR count). The first-order chi connectivity index (χ1) is 8.46. The SMILES string of the molecule is CS(=O)(=O)OC(c1cccc(F)c1)c1ncco1. The van der Waals surface area contributed by atoms with Gasteiger partial charge in [0.1, 0.15) is 12.1 Å². The molecule has 1 heterocycles. The topological polar surface area (TPSA) is 69.4 Å². The van der Waals surface area contributed by atoms with Gasteiger partial charge < -0.3 is 4.42 Å². The van der Waals surface area contributed by atoms with E-state index >= 15 is 0 Å². The summed E-state index contributed by atoms with van der Waals surface area (Å²) in [5, 5.41) is 0. The normalized spacial score (nSPS) is 13.4. The van der Waals surface area contributed by atoms with Crippen molar-refractivity contribution in [3.8, 4) is 0 Å². The number of hydrogen-bond acceptors (Lipinski definition) is 5. The van der Waals surface area contributed by atoms with E-state index in [-0.39, 0.29) is 5.89 Å². The van der Waals surface area contributed by atoms with Gasteiger partial charge >= 0.3 is 0 Å². The molecule has 0 bridgehead atoms. The molecule has 5 nitrogen and oxygen atoms in total. The molecule has 96 valence electrons. The Bertz CT molecular complexity index is 624. The smallest absolute Gasteiger partial charge is 0.265 e. The van der Waals surface area contributed by atoms with Gasteiger partial charge in [-0.25, -0.2) is 9.37 Å². The number of nitrogens with zero attached hydrogens (tertiary/aromatic N) is 1. The molecule has 0 fully saturated rings. The van der Waals surface area contributed by atoms with Crippen LogP contribution in [0.4, 0.5) is 4.39 Å². The summed E-state index contributed by atoms with van der Waals surface area (Å²) in [4.78, 5) is 3.83. The largest absolute Gasteiger partial charge is 0.446 e. The maximum Gasteiger partial charge on any atom is 0.265 e. The minimum absolute atomic E-state index is 0.0472. The highest BCUT2D eigenvalue weighted by molar-refractivity contribution is 7.86. The van der Waals surface area contributed by atoms with Crippen LogP contribution in [0.1, 0.15) is 17.6 Å². The molecular weight excluding hydrogens is 261 g/mol. The van der Waals surface area contributed by atoms with Crippen LogP contribution in [0, 0.1) is 5.82 Å². The molecule has 1 aromatic carbocycles. The second-order valence-corrected chi connectivity index (χ2v) is 5.21. The highest BCUT2D eigenvalue weighted by atomic mass is 32.2. The van der Waals surface area contributed by atoms with E-state index in [0.29, 0.717) is 5.56 Å². The first kappa shape index (κ1) is 12.7. The summed E-state index contributed by atoms with van der Waals surface area (Å²) in [5.41, 5.74) is 0.308. The Morgan fingerprint density at radius 3 is 2.78 bits per heavy atom. The van der Waals surface area contributed by atoms with E-state index in [4.69, 9.17) is 8.60 Å². The lowest BCUT2D eigenvalue weighted by atomic mass is 10.1. The van der Waals surface area contributed by atoms with Gasteiger partial charge in [-0.2, -0.15) is 8.42 Å². The minimum atomic E-state index is -3.73. The molecule has 1 aromatic heterocycles. The number of rotatable bonds is 4. The van der Waals surface area contributed by atoms with Crippen molar-refractivity contribution in [3.63, 3.8) is 0 Å². The van der Waals surface area contributed by atoms with Crippen LogP contribution in [-0.2, 0) is 14.3 Å². The fourth-order valence-corrected chi connectivity index (χ4v) is 1.99. The summed E-state index contributed by atoms with van der Waals surface area (Å²) in [7, 11) is -3.73. The summed E-state index contributed by atoms with van der Waals surface area (Å²) in [6.45, 7) is 0. The van der Waals surface area contributed by atoms with Crippen molar-refractivity contribution in [3.05, 3.63) is 54.0 Å². The molecule has 1 unspecified atom stereocenters. The van der Waals surface area contributed by atoms with Gasteiger partial charge in [-0.3, -0.25) is 4.18 Å². The number of hydrogen-bond donors (Lipinski definition) is 0. The van der Waals surface area contributed by atoms with E-state index in [0.717, 1.165) is 6.26 Å². The van der Waals surface area contributed by atoms with Crippen LogP contribution < -0.4 is 0 Å². The predicted molar refractivity (Wildman–Crippen MR) is 60.7 cm³/mol. The molecule has 0 amide bonds. The zero-order chi connectivity index (χ0) is 13.2. The molecule has 0 saturated heterocycles. The van der Waals surface area contributed by atoms with Crippen LogP contribution in [0.2, 0.25) is 0 Å². The molecule has 0 aliphatic carbocycles. The fraction of sp³-hybridized carbons (Fsp3) is 0.182. The Labute approximate surface area is 103 Å². The van der Waals surface area contributed by atoms with Crippen molar-refractivity contribution >= 4 is 10.1 Å². The van der Waals surface area contributed by atoms with Crippen LogP contribution in [-0.4, -0.2) is 19.7 Å². The number of halogens is 1. The Morgan fingerprint density at radius 2 is 2.22 bits per heavy atom. The summed E-state index contributed by atoms with van der Waals surface area (Å²) >= 11 is 0. The third kappa shape index (κ3) is 3.14. The standard InChI is InChI=1S/C11H10FNO4S/c1-18(14,15)17-10(11-13-5-6-16-11)8-3-2-4-9(12)7-8/h2-7,10H,1H3. The van der Waals surface area contributed by atoms with Gasteiger partial charge in [-0.05, 0) is 17.7 Å². The highest BCUT2D eigenvalue weighted by Gasteiger charge is 2.24. The molecule has 18 heavy (non-hydrogen) atoms. The second-order valence-electron chi connectivity index (χ2n) is 3.61.